The van der Waals surface area contributed by atoms with E-state index in [1.165, 1.54) is 0 Å². The Bertz CT molecular complexity index is 1030. The number of hydrogen-bond acceptors (Lipinski definition) is 2. The van der Waals surface area contributed by atoms with Gasteiger partial charge in [-0.2, -0.15) is 0 Å². The standard InChI is InChI=1S/C26H26Cl3NO2/c1-17(30-25(31)26(2,3)32-23-14-12-22(29)13-15-23)24(19-6-10-21(28)11-7-19)16-18-4-8-20(27)9-5-18/h4-15,17,24H,16H2,1-3H3,(H,30,31)/t17-,24+/m1/s1. The molecule has 3 rings (SSSR count). The average molecular weight is 491 g/mol. The summed E-state index contributed by atoms with van der Waals surface area (Å²) in [5.41, 5.74) is 1.16. The molecule has 2 atom stereocenters. The molecule has 1 N–H and O–H groups in total. The molecule has 0 unspecified atom stereocenters. The molecule has 0 fully saturated rings. The van der Waals surface area contributed by atoms with Crippen molar-refractivity contribution in [1.29, 1.82) is 0 Å². The van der Waals surface area contributed by atoms with Crippen LogP contribution in [0.25, 0.3) is 0 Å². The molecule has 0 saturated heterocycles. The van der Waals surface area contributed by atoms with Gasteiger partial charge in [-0.3, -0.25) is 4.79 Å². The van der Waals surface area contributed by atoms with Gasteiger partial charge in [0, 0.05) is 27.0 Å². The maximum atomic E-state index is 13.1. The SMILES string of the molecule is C[C@@H](NC(=O)C(C)(C)Oc1ccc(Cl)cc1)[C@H](Cc1ccc(Cl)cc1)c1ccc(Cl)cc1. The first kappa shape index (κ1) is 24.4. The maximum absolute atomic E-state index is 13.1. The number of ether oxygens (including phenoxy) is 1. The molecule has 168 valence electrons. The van der Waals surface area contributed by atoms with Gasteiger partial charge in [-0.05, 0) is 86.8 Å². The molecule has 3 nitrogen and oxygen atoms in total. The number of carbonyl (C=O) groups is 1. The number of nitrogens with one attached hydrogen (secondary N) is 1. The Hall–Kier alpha value is -2.20. The maximum Gasteiger partial charge on any atom is 0.263 e. The highest BCUT2D eigenvalue weighted by molar-refractivity contribution is 6.31. The largest absolute Gasteiger partial charge is 0.478 e. The summed E-state index contributed by atoms with van der Waals surface area (Å²) in [5.74, 6) is 0.413. The van der Waals surface area contributed by atoms with Crippen LogP contribution in [0.4, 0.5) is 0 Å². The third-order valence-corrected chi connectivity index (χ3v) is 6.12. The van der Waals surface area contributed by atoms with Gasteiger partial charge in [-0.25, -0.2) is 0 Å². The minimum Gasteiger partial charge on any atom is -0.478 e. The van der Waals surface area contributed by atoms with Gasteiger partial charge in [0.1, 0.15) is 5.75 Å². The summed E-state index contributed by atoms with van der Waals surface area (Å²) in [6, 6.07) is 22.3. The molecular formula is C26H26Cl3NO2. The van der Waals surface area contributed by atoms with Crippen molar-refractivity contribution in [3.8, 4) is 5.75 Å². The van der Waals surface area contributed by atoms with Crippen LogP contribution in [0, 0.1) is 0 Å². The molecule has 1 amide bonds. The van der Waals surface area contributed by atoms with Gasteiger partial charge in [0.2, 0.25) is 0 Å². The van der Waals surface area contributed by atoms with Crippen molar-refractivity contribution < 1.29 is 9.53 Å². The Morgan fingerprint density at radius 1 is 0.844 bits per heavy atom. The molecule has 32 heavy (non-hydrogen) atoms. The molecule has 0 heterocycles. The van der Waals surface area contributed by atoms with Crippen LogP contribution in [0.1, 0.15) is 37.8 Å². The zero-order valence-electron chi connectivity index (χ0n) is 18.2. The number of halogens is 3. The topological polar surface area (TPSA) is 38.3 Å². The Balaban J connectivity index is 1.77. The van der Waals surface area contributed by atoms with Crippen LogP contribution in [0.5, 0.6) is 5.75 Å². The fraction of sp³-hybridized carbons (Fsp3) is 0.269. The minimum atomic E-state index is -1.06. The van der Waals surface area contributed by atoms with Crippen LogP contribution < -0.4 is 10.1 Å². The highest BCUT2D eigenvalue weighted by atomic mass is 35.5. The van der Waals surface area contributed by atoms with Crippen molar-refractivity contribution in [3.63, 3.8) is 0 Å². The van der Waals surface area contributed by atoms with E-state index in [4.69, 9.17) is 39.5 Å². The molecule has 0 aliphatic carbocycles. The van der Waals surface area contributed by atoms with Crippen LogP contribution >= 0.6 is 34.8 Å². The quantitative estimate of drug-likeness (QED) is 0.359. The molecule has 0 aromatic heterocycles. The van der Waals surface area contributed by atoms with Crippen LogP contribution in [0.15, 0.2) is 72.8 Å². The van der Waals surface area contributed by atoms with Crippen LogP contribution in [0.2, 0.25) is 15.1 Å². The van der Waals surface area contributed by atoms with Crippen molar-refractivity contribution in [2.75, 3.05) is 0 Å². The van der Waals surface area contributed by atoms with E-state index < -0.39 is 5.60 Å². The predicted octanol–water partition coefficient (Wildman–Crippen LogP) is 7.34. The molecule has 0 aliphatic rings. The zero-order valence-corrected chi connectivity index (χ0v) is 20.5. The summed E-state index contributed by atoms with van der Waals surface area (Å²) >= 11 is 18.1. The van der Waals surface area contributed by atoms with Gasteiger partial charge in [0.15, 0.2) is 5.60 Å². The molecule has 0 aliphatic heterocycles. The monoisotopic (exact) mass is 489 g/mol. The van der Waals surface area contributed by atoms with E-state index >= 15 is 0 Å². The summed E-state index contributed by atoms with van der Waals surface area (Å²) < 4.78 is 5.95. The van der Waals surface area contributed by atoms with Crippen molar-refractivity contribution in [3.05, 3.63) is 99.0 Å². The lowest BCUT2D eigenvalue weighted by molar-refractivity contribution is -0.135. The van der Waals surface area contributed by atoms with Crippen LogP contribution in [-0.2, 0) is 11.2 Å². The van der Waals surface area contributed by atoms with E-state index in [9.17, 15) is 4.79 Å². The average Bonchev–Trinajstić information content (AvgIpc) is 2.75. The molecule has 0 spiro atoms. The van der Waals surface area contributed by atoms with Crippen molar-refractivity contribution >= 4 is 40.7 Å². The lowest BCUT2D eigenvalue weighted by Crippen LogP contribution is -2.51. The first-order valence-electron chi connectivity index (χ1n) is 10.4. The van der Waals surface area contributed by atoms with Crippen molar-refractivity contribution in [2.24, 2.45) is 0 Å². The number of hydrogen-bond donors (Lipinski definition) is 1. The van der Waals surface area contributed by atoms with E-state index in [0.29, 0.717) is 20.8 Å². The number of carbonyl (C=O) groups excluding carboxylic acids is 1. The third kappa shape index (κ3) is 6.65. The first-order valence-corrected chi connectivity index (χ1v) is 11.5. The van der Waals surface area contributed by atoms with E-state index in [1.807, 2.05) is 55.5 Å². The van der Waals surface area contributed by atoms with Gasteiger partial charge in [-0.1, -0.05) is 59.1 Å². The van der Waals surface area contributed by atoms with Gasteiger partial charge in [0.05, 0.1) is 0 Å². The highest BCUT2D eigenvalue weighted by Gasteiger charge is 2.33. The lowest BCUT2D eigenvalue weighted by Gasteiger charge is -2.31. The second-order valence-corrected chi connectivity index (χ2v) is 9.63. The predicted molar refractivity (Wildman–Crippen MR) is 133 cm³/mol. The number of rotatable bonds is 8. The molecule has 0 saturated carbocycles. The molecule has 0 radical (unpaired) electrons. The molecule has 3 aromatic carbocycles. The highest BCUT2D eigenvalue weighted by Crippen LogP contribution is 2.28. The summed E-state index contributed by atoms with van der Waals surface area (Å²) in [6.45, 7) is 5.51. The van der Waals surface area contributed by atoms with Crippen molar-refractivity contribution in [2.45, 2.75) is 44.8 Å². The Morgan fingerprint density at radius 2 is 1.31 bits per heavy atom. The fourth-order valence-corrected chi connectivity index (χ4v) is 3.87. The smallest absolute Gasteiger partial charge is 0.263 e. The van der Waals surface area contributed by atoms with Gasteiger partial charge in [0.25, 0.3) is 5.91 Å². The van der Waals surface area contributed by atoms with E-state index in [0.717, 1.165) is 17.5 Å². The zero-order chi connectivity index (χ0) is 23.3. The fourth-order valence-electron chi connectivity index (χ4n) is 3.49. The van der Waals surface area contributed by atoms with Crippen LogP contribution in [-0.4, -0.2) is 17.6 Å². The third-order valence-electron chi connectivity index (χ3n) is 5.36. The second-order valence-electron chi connectivity index (χ2n) is 8.32. The van der Waals surface area contributed by atoms with Gasteiger partial charge in [-0.15, -0.1) is 0 Å². The summed E-state index contributed by atoms with van der Waals surface area (Å²) in [4.78, 5) is 13.1. The Morgan fingerprint density at radius 3 is 1.84 bits per heavy atom. The number of benzene rings is 3. The lowest BCUT2D eigenvalue weighted by atomic mass is 9.86. The molecular weight excluding hydrogens is 465 g/mol. The van der Waals surface area contributed by atoms with Gasteiger partial charge < -0.3 is 10.1 Å². The second kappa shape index (κ2) is 10.6. The molecule has 6 heteroatoms. The van der Waals surface area contributed by atoms with E-state index in [2.05, 4.69) is 5.32 Å². The van der Waals surface area contributed by atoms with Crippen LogP contribution in [0.3, 0.4) is 0 Å². The van der Waals surface area contributed by atoms with Gasteiger partial charge >= 0.3 is 0 Å². The molecule has 0 bridgehead atoms. The Labute approximate surface area is 204 Å². The minimum absolute atomic E-state index is 0.0312. The number of amides is 1. The van der Waals surface area contributed by atoms with E-state index in [-0.39, 0.29) is 17.9 Å². The summed E-state index contributed by atoms with van der Waals surface area (Å²) in [5, 5.41) is 5.13. The first-order chi connectivity index (χ1) is 15.1. The molecule has 3 aromatic rings. The summed E-state index contributed by atoms with van der Waals surface area (Å²) in [7, 11) is 0. The normalized spacial score (nSPS) is 13.3. The van der Waals surface area contributed by atoms with Crippen molar-refractivity contribution in [1.82, 2.24) is 5.32 Å². The van der Waals surface area contributed by atoms with E-state index in [1.54, 1.807) is 38.1 Å². The summed E-state index contributed by atoms with van der Waals surface area (Å²) in [6.07, 6.45) is 0.735. The Kier molecular flexibility index (Phi) is 8.10.